The van der Waals surface area contributed by atoms with Gasteiger partial charge >= 0.3 is 17.6 Å². The van der Waals surface area contributed by atoms with Crippen LogP contribution in [0.1, 0.15) is 88.8 Å². The zero-order valence-corrected chi connectivity index (χ0v) is 38.1. The number of H-pyrrole nitrogens is 2. The number of hydrogen-bond donors (Lipinski definition) is 3. The molecule has 0 bridgehead atoms. The van der Waals surface area contributed by atoms with Crippen LogP contribution in [0.2, 0.25) is 10.0 Å². The topological polar surface area (TPSA) is 202 Å². The Morgan fingerprint density at radius 2 is 1.07 bits per heavy atom. The van der Waals surface area contributed by atoms with E-state index in [4.69, 9.17) is 64.7 Å². The van der Waals surface area contributed by atoms with Gasteiger partial charge in [-0.2, -0.15) is 5.26 Å². The molecule has 2 unspecified atom stereocenters. The van der Waals surface area contributed by atoms with Crippen molar-refractivity contribution in [1.29, 1.82) is 5.26 Å². The number of hydrogen-bond acceptors (Lipinski definition) is 10. The van der Waals surface area contributed by atoms with Crippen molar-refractivity contribution in [2.45, 2.75) is 68.0 Å². The smallest absolute Gasteiger partial charge is 0.410 e. The number of benzene rings is 4. The van der Waals surface area contributed by atoms with Crippen LogP contribution in [0.15, 0.2) is 84.9 Å². The molecule has 15 nitrogen and oxygen atoms in total. The Bertz CT molecular complexity index is 2680. The minimum Gasteiger partial charge on any atom is -0.484 e. The van der Waals surface area contributed by atoms with Gasteiger partial charge in [-0.25, -0.2) is 14.4 Å². The molecule has 8 rings (SSSR count). The molecule has 0 aliphatic carbocycles. The zero-order chi connectivity index (χ0) is 46.6. The Kier molecular flexibility index (Phi) is 21.4. The summed E-state index contributed by atoms with van der Waals surface area (Å²) in [5.74, 6) is 0.596. The number of fused-ring (bicyclic) bond motifs is 6. The predicted molar refractivity (Wildman–Crippen MR) is 267 cm³/mol. The number of rotatable bonds is 10. The lowest BCUT2D eigenvalue weighted by molar-refractivity contribution is -0.119. The van der Waals surface area contributed by atoms with Gasteiger partial charge in [-0.1, -0.05) is 69.7 Å². The van der Waals surface area contributed by atoms with Crippen molar-refractivity contribution in [2.75, 3.05) is 46.1 Å². The Labute approximate surface area is 412 Å². The number of halogens is 3. The average molecular weight is 994 g/mol. The molecule has 4 heterocycles. The Morgan fingerprint density at radius 1 is 0.662 bits per heavy atom. The molecule has 364 valence electrons. The minimum atomic E-state index is -0.738. The van der Waals surface area contributed by atoms with Gasteiger partial charge in [-0.15, -0.1) is 0 Å². The van der Waals surface area contributed by atoms with Crippen LogP contribution < -0.4 is 15.2 Å². The summed E-state index contributed by atoms with van der Waals surface area (Å²) in [5.41, 5.74) is 12.4. The number of aromatic amines is 2. The molecule has 4 aromatic carbocycles. The molecular weight excluding hydrogens is 935 g/mol. The second-order valence-corrected chi connectivity index (χ2v) is 15.7. The van der Waals surface area contributed by atoms with Crippen LogP contribution in [0, 0.1) is 11.3 Å². The predicted octanol–water partition coefficient (Wildman–Crippen LogP) is 11.9. The molecule has 0 saturated carbocycles. The molecule has 2 atom stereocenters. The van der Waals surface area contributed by atoms with E-state index in [1.165, 1.54) is 0 Å². The molecule has 0 fully saturated rings. The number of nitriles is 1. The van der Waals surface area contributed by atoms with Crippen LogP contribution in [0.3, 0.4) is 0 Å². The largest absolute Gasteiger partial charge is 0.484 e. The van der Waals surface area contributed by atoms with E-state index in [0.29, 0.717) is 67.3 Å². The summed E-state index contributed by atoms with van der Waals surface area (Å²) in [6.45, 7) is 7.12. The average Bonchev–Trinajstić information content (AvgIpc) is 3.85. The number of nitrogens with one attached hydrogen (secondary N) is 2. The summed E-state index contributed by atoms with van der Waals surface area (Å²) in [4.78, 5) is 56.3. The molecule has 2 aliphatic heterocycles. The fourth-order valence-electron chi connectivity index (χ4n) is 7.90. The first-order valence-electron chi connectivity index (χ1n) is 20.8. The minimum absolute atomic E-state index is 0. The van der Waals surface area contributed by atoms with Crippen molar-refractivity contribution in [1.82, 2.24) is 19.8 Å². The van der Waals surface area contributed by atoms with E-state index in [-0.39, 0.29) is 59.8 Å². The van der Waals surface area contributed by atoms with Crippen molar-refractivity contribution in [3.63, 3.8) is 0 Å². The summed E-state index contributed by atoms with van der Waals surface area (Å²) in [6, 6.07) is 27.5. The molecule has 4 N–H and O–H groups in total. The summed E-state index contributed by atoms with van der Waals surface area (Å²) in [5, 5.41) is 12.2. The van der Waals surface area contributed by atoms with Crippen LogP contribution in [0.4, 0.5) is 14.4 Å². The molecule has 0 radical (unpaired) electrons. The molecule has 6 aromatic rings. The first-order chi connectivity index (χ1) is 31.4. The summed E-state index contributed by atoms with van der Waals surface area (Å²) in [7, 11) is 0. The van der Waals surface area contributed by atoms with Gasteiger partial charge in [-0.3, -0.25) is 14.6 Å². The molecule has 2 aromatic heterocycles. The lowest BCUT2D eigenvalue weighted by Gasteiger charge is -2.35. The van der Waals surface area contributed by atoms with Gasteiger partial charge in [0.2, 0.25) is 0 Å². The summed E-state index contributed by atoms with van der Waals surface area (Å²) >= 11 is 17.1. The summed E-state index contributed by atoms with van der Waals surface area (Å²) < 4.78 is 25.5. The monoisotopic (exact) mass is 992 g/mol. The third-order valence-electron chi connectivity index (χ3n) is 10.5. The maximum absolute atomic E-state index is 12.7. The second kappa shape index (κ2) is 26.1. The highest BCUT2D eigenvalue weighted by Gasteiger charge is 2.37. The number of carbonyl (C=O) groups is 4. The SMILES string of the molecule is C.C.C.CCOC(=O)Cl.CCOC(=O)N1CCc2c([nH]c3ccc(Cl)cc23)C1c1ccc(OCC#N)cc1.CCOC(=O)N1CCc2c([nH]c3ccc(Cl)cc23)C1c1ccc(OCC(N)=O)cc1. The van der Waals surface area contributed by atoms with E-state index >= 15 is 0 Å². The molecule has 0 spiro atoms. The molecular formula is C50H59Cl3N6O9. The van der Waals surface area contributed by atoms with Crippen LogP contribution >= 0.6 is 34.8 Å². The van der Waals surface area contributed by atoms with Crippen molar-refractivity contribution < 1.29 is 42.9 Å². The molecule has 0 saturated heterocycles. The van der Waals surface area contributed by atoms with Crippen molar-refractivity contribution in [3.05, 3.63) is 129 Å². The number of primary amides is 1. The van der Waals surface area contributed by atoms with Gasteiger partial charge in [0.25, 0.3) is 5.91 Å². The number of aromatic nitrogens is 2. The van der Waals surface area contributed by atoms with Gasteiger partial charge in [0.1, 0.15) is 29.7 Å². The van der Waals surface area contributed by atoms with Gasteiger partial charge in [0, 0.05) is 67.9 Å². The fraction of sp³-hybridized carbons (Fsp3) is 0.340. The number of carbonyl (C=O) groups excluding carboxylic acids is 4. The van der Waals surface area contributed by atoms with Crippen molar-refractivity contribution >= 4 is 80.1 Å². The second-order valence-electron chi connectivity index (χ2n) is 14.5. The van der Waals surface area contributed by atoms with Crippen molar-refractivity contribution in [2.24, 2.45) is 5.73 Å². The highest BCUT2D eigenvalue weighted by Crippen LogP contribution is 2.41. The zero-order valence-electron chi connectivity index (χ0n) is 35.8. The van der Waals surface area contributed by atoms with Crippen LogP contribution in [0.5, 0.6) is 11.5 Å². The van der Waals surface area contributed by atoms with Crippen LogP contribution in [0.25, 0.3) is 21.8 Å². The highest BCUT2D eigenvalue weighted by atomic mass is 35.5. The van der Waals surface area contributed by atoms with E-state index in [1.54, 1.807) is 42.7 Å². The van der Waals surface area contributed by atoms with E-state index in [1.807, 2.05) is 78.9 Å². The Balaban J connectivity index is 0.000000310. The number of amides is 3. The number of nitrogens with two attached hydrogens (primary N) is 1. The number of nitrogens with zero attached hydrogens (tertiary/aromatic N) is 3. The third kappa shape index (κ3) is 13.3. The van der Waals surface area contributed by atoms with Crippen molar-refractivity contribution in [3.8, 4) is 17.6 Å². The molecule has 3 amide bonds. The van der Waals surface area contributed by atoms with Gasteiger partial charge < -0.3 is 39.4 Å². The first-order valence-corrected chi connectivity index (χ1v) is 21.9. The maximum atomic E-state index is 12.7. The van der Waals surface area contributed by atoms with E-state index in [9.17, 15) is 19.2 Å². The fourth-order valence-corrected chi connectivity index (χ4v) is 8.35. The van der Waals surface area contributed by atoms with Gasteiger partial charge in [-0.05, 0) is 117 Å². The normalized spacial score (nSPS) is 14.2. The Hall–Kier alpha value is -6.60. The maximum Gasteiger partial charge on any atom is 0.410 e. The van der Waals surface area contributed by atoms with E-state index < -0.39 is 11.3 Å². The van der Waals surface area contributed by atoms with Crippen LogP contribution in [-0.4, -0.2) is 89.4 Å². The quantitative estimate of drug-likeness (QED) is 0.0875. The first kappa shape index (κ1) is 55.7. The van der Waals surface area contributed by atoms with E-state index in [2.05, 4.69) is 14.7 Å². The summed E-state index contributed by atoms with van der Waals surface area (Å²) in [6.07, 6.45) is 0.711. The highest BCUT2D eigenvalue weighted by molar-refractivity contribution is 6.61. The third-order valence-corrected chi connectivity index (χ3v) is 11.1. The molecule has 68 heavy (non-hydrogen) atoms. The van der Waals surface area contributed by atoms with Crippen LogP contribution in [-0.2, 0) is 31.8 Å². The van der Waals surface area contributed by atoms with Gasteiger partial charge in [0.15, 0.2) is 13.2 Å². The lowest BCUT2D eigenvalue weighted by Crippen LogP contribution is -2.40. The Morgan fingerprint density at radius 3 is 1.43 bits per heavy atom. The van der Waals surface area contributed by atoms with E-state index in [0.717, 1.165) is 55.4 Å². The molecule has 18 heteroatoms. The lowest BCUT2D eigenvalue weighted by atomic mass is 9.92. The number of ether oxygens (including phenoxy) is 5. The standard InChI is InChI=1S/C22H22ClN3O4.C22H20ClN3O3.C3H5ClO2.3CH4/c1-2-29-22(28)26-10-9-16-17-11-14(23)5-8-18(17)25-20(16)21(26)13-3-6-15(7-4-13)30-12-19(24)27;1-2-28-22(27)26-11-9-17-18-13-15(23)5-8-19(18)25-20(17)21(26)14-3-6-16(7-4-14)29-12-10-24;1-2-6-3(4)5;;;/h3-8,11,21,25H,2,9-10,12H2,1H3,(H2,24,27);3-8,13,21,25H,2,9,11-12H2,1H3;2H2,1H3;3*1H4. The molecule has 2 aliphatic rings. The van der Waals surface area contributed by atoms with Gasteiger partial charge in [0.05, 0.1) is 19.8 Å².